The topological polar surface area (TPSA) is 58.2 Å². The van der Waals surface area contributed by atoms with Gasteiger partial charge >= 0.3 is 0 Å². The predicted octanol–water partition coefficient (Wildman–Crippen LogP) is 6.67. The first-order valence-corrected chi connectivity index (χ1v) is 12.7. The average molecular weight is 411 g/mol. The van der Waals surface area contributed by atoms with E-state index in [1.165, 1.54) is 77.0 Å². The Morgan fingerprint density at radius 3 is 1.10 bits per heavy atom. The SMILES string of the molecule is CCCCCCCCCCC(=O)NCCCNC(=O)CCCCCCCCCC. The van der Waals surface area contributed by atoms with Gasteiger partial charge < -0.3 is 10.6 Å². The summed E-state index contributed by atoms with van der Waals surface area (Å²) in [5.74, 6) is 0.308. The highest BCUT2D eigenvalue weighted by atomic mass is 16.2. The molecule has 0 aliphatic heterocycles. The zero-order valence-corrected chi connectivity index (χ0v) is 19.7. The van der Waals surface area contributed by atoms with Crippen LogP contribution in [-0.2, 0) is 9.59 Å². The van der Waals surface area contributed by atoms with Crippen LogP contribution in [0.5, 0.6) is 0 Å². The van der Waals surface area contributed by atoms with Crippen molar-refractivity contribution >= 4 is 11.8 Å². The molecule has 0 aliphatic rings. The van der Waals surface area contributed by atoms with Crippen LogP contribution in [-0.4, -0.2) is 24.9 Å². The number of carbonyl (C=O) groups excluding carboxylic acids is 2. The molecule has 4 nitrogen and oxygen atoms in total. The van der Waals surface area contributed by atoms with E-state index in [1.54, 1.807) is 0 Å². The highest BCUT2D eigenvalue weighted by Crippen LogP contribution is 2.10. The van der Waals surface area contributed by atoms with Crippen molar-refractivity contribution in [1.29, 1.82) is 0 Å². The fraction of sp³-hybridized carbons (Fsp3) is 0.920. The number of nitrogens with one attached hydrogen (secondary N) is 2. The van der Waals surface area contributed by atoms with E-state index in [0.717, 1.165) is 32.1 Å². The second-order valence-electron chi connectivity index (χ2n) is 8.50. The van der Waals surface area contributed by atoms with Gasteiger partial charge in [-0.3, -0.25) is 9.59 Å². The summed E-state index contributed by atoms with van der Waals surface area (Å²) in [6, 6.07) is 0. The molecule has 0 aliphatic carbocycles. The van der Waals surface area contributed by atoms with E-state index >= 15 is 0 Å². The zero-order valence-electron chi connectivity index (χ0n) is 19.7. The van der Waals surface area contributed by atoms with E-state index in [2.05, 4.69) is 24.5 Å². The quantitative estimate of drug-likeness (QED) is 0.196. The van der Waals surface area contributed by atoms with Gasteiger partial charge in [0.1, 0.15) is 0 Å². The summed E-state index contributed by atoms with van der Waals surface area (Å²) in [6.45, 7) is 5.80. The normalized spacial score (nSPS) is 10.8. The molecule has 172 valence electrons. The minimum Gasteiger partial charge on any atom is -0.356 e. The third kappa shape index (κ3) is 23.1. The van der Waals surface area contributed by atoms with Crippen LogP contribution in [0.1, 0.15) is 136 Å². The fourth-order valence-electron chi connectivity index (χ4n) is 3.56. The number of unbranched alkanes of at least 4 members (excludes halogenated alkanes) is 14. The molecule has 0 spiro atoms. The van der Waals surface area contributed by atoms with Crippen LogP contribution in [0.2, 0.25) is 0 Å². The molecule has 0 aromatic rings. The lowest BCUT2D eigenvalue weighted by Gasteiger charge is -2.07. The molecule has 0 fully saturated rings. The molecule has 0 rings (SSSR count). The first-order chi connectivity index (χ1) is 14.2. The second-order valence-corrected chi connectivity index (χ2v) is 8.50. The molecule has 0 radical (unpaired) electrons. The van der Waals surface area contributed by atoms with Gasteiger partial charge in [0, 0.05) is 25.9 Å². The van der Waals surface area contributed by atoms with Crippen LogP contribution >= 0.6 is 0 Å². The van der Waals surface area contributed by atoms with Gasteiger partial charge in [0.25, 0.3) is 0 Å². The van der Waals surface area contributed by atoms with Crippen LogP contribution in [0.4, 0.5) is 0 Å². The molecule has 0 saturated heterocycles. The molecule has 0 unspecified atom stereocenters. The minimum absolute atomic E-state index is 0.154. The minimum atomic E-state index is 0.154. The molecule has 0 heterocycles. The van der Waals surface area contributed by atoms with Gasteiger partial charge in [-0.2, -0.15) is 0 Å². The van der Waals surface area contributed by atoms with Crippen molar-refractivity contribution in [2.45, 2.75) is 136 Å². The Balaban J connectivity index is 3.29. The number of rotatable bonds is 22. The summed E-state index contributed by atoms with van der Waals surface area (Å²) in [5.41, 5.74) is 0. The van der Waals surface area contributed by atoms with Crippen molar-refractivity contribution in [3.05, 3.63) is 0 Å². The first kappa shape index (κ1) is 27.9. The lowest BCUT2D eigenvalue weighted by atomic mass is 10.1. The van der Waals surface area contributed by atoms with Crippen molar-refractivity contribution in [3.63, 3.8) is 0 Å². The number of hydrogen-bond donors (Lipinski definition) is 2. The second kappa shape index (κ2) is 23.2. The van der Waals surface area contributed by atoms with Crippen molar-refractivity contribution in [2.75, 3.05) is 13.1 Å². The molecule has 0 aromatic carbocycles. The van der Waals surface area contributed by atoms with Crippen molar-refractivity contribution < 1.29 is 9.59 Å². The van der Waals surface area contributed by atoms with Gasteiger partial charge in [-0.15, -0.1) is 0 Å². The lowest BCUT2D eigenvalue weighted by molar-refractivity contribution is -0.121. The van der Waals surface area contributed by atoms with Gasteiger partial charge in [0.2, 0.25) is 11.8 Å². The third-order valence-corrected chi connectivity index (χ3v) is 5.51. The molecule has 0 bridgehead atoms. The summed E-state index contributed by atoms with van der Waals surface area (Å²) in [7, 11) is 0. The molecule has 0 aromatic heterocycles. The highest BCUT2D eigenvalue weighted by molar-refractivity contribution is 5.76. The molecule has 4 heteroatoms. The summed E-state index contributed by atoms with van der Waals surface area (Å²) in [5, 5.41) is 5.93. The maximum atomic E-state index is 11.8. The molecule has 0 atom stereocenters. The Bertz CT molecular complexity index is 338. The largest absolute Gasteiger partial charge is 0.356 e. The van der Waals surface area contributed by atoms with Gasteiger partial charge in [-0.05, 0) is 19.3 Å². The molecular weight excluding hydrogens is 360 g/mol. The van der Waals surface area contributed by atoms with E-state index in [-0.39, 0.29) is 11.8 Å². The van der Waals surface area contributed by atoms with Crippen molar-refractivity contribution in [2.24, 2.45) is 0 Å². The van der Waals surface area contributed by atoms with Crippen molar-refractivity contribution in [3.8, 4) is 0 Å². The molecule has 29 heavy (non-hydrogen) atoms. The fourth-order valence-corrected chi connectivity index (χ4v) is 3.56. The Hall–Kier alpha value is -1.06. The Morgan fingerprint density at radius 1 is 0.448 bits per heavy atom. The summed E-state index contributed by atoms with van der Waals surface area (Å²) in [6.07, 6.45) is 22.2. The molecular formula is C25H50N2O2. The van der Waals surface area contributed by atoms with Crippen LogP contribution in [0, 0.1) is 0 Å². The van der Waals surface area contributed by atoms with Crippen LogP contribution in [0.25, 0.3) is 0 Å². The maximum absolute atomic E-state index is 11.8. The first-order valence-electron chi connectivity index (χ1n) is 12.7. The zero-order chi connectivity index (χ0) is 21.4. The van der Waals surface area contributed by atoms with Gasteiger partial charge in [-0.1, -0.05) is 104 Å². The molecule has 2 amide bonds. The van der Waals surface area contributed by atoms with Crippen LogP contribution in [0.15, 0.2) is 0 Å². The average Bonchev–Trinajstić information content (AvgIpc) is 2.71. The van der Waals surface area contributed by atoms with E-state index in [9.17, 15) is 9.59 Å². The Kier molecular flexibility index (Phi) is 22.4. The smallest absolute Gasteiger partial charge is 0.219 e. The molecule has 2 N–H and O–H groups in total. The predicted molar refractivity (Wildman–Crippen MR) is 125 cm³/mol. The van der Waals surface area contributed by atoms with Crippen LogP contribution < -0.4 is 10.6 Å². The van der Waals surface area contributed by atoms with Gasteiger partial charge in [-0.25, -0.2) is 0 Å². The number of carbonyl (C=O) groups is 2. The monoisotopic (exact) mass is 410 g/mol. The van der Waals surface area contributed by atoms with Crippen molar-refractivity contribution in [1.82, 2.24) is 10.6 Å². The number of amides is 2. The Labute approximate surface area is 181 Å². The van der Waals surface area contributed by atoms with Gasteiger partial charge in [0.05, 0.1) is 0 Å². The standard InChI is InChI=1S/C25H50N2O2/c1-3-5-7-9-11-13-15-17-20-24(28)26-22-19-23-27-25(29)21-18-16-14-12-10-8-6-4-2/h3-23H2,1-2H3,(H,26,28)(H,27,29). The van der Waals surface area contributed by atoms with E-state index in [4.69, 9.17) is 0 Å². The summed E-state index contributed by atoms with van der Waals surface area (Å²) < 4.78 is 0. The van der Waals surface area contributed by atoms with E-state index < -0.39 is 0 Å². The van der Waals surface area contributed by atoms with E-state index in [1.807, 2.05) is 0 Å². The lowest BCUT2D eigenvalue weighted by Crippen LogP contribution is -2.29. The summed E-state index contributed by atoms with van der Waals surface area (Å²) in [4.78, 5) is 23.6. The van der Waals surface area contributed by atoms with E-state index in [0.29, 0.717) is 25.9 Å². The maximum Gasteiger partial charge on any atom is 0.219 e. The highest BCUT2D eigenvalue weighted by Gasteiger charge is 2.02. The number of hydrogen-bond acceptors (Lipinski definition) is 2. The third-order valence-electron chi connectivity index (χ3n) is 5.51. The Morgan fingerprint density at radius 2 is 0.759 bits per heavy atom. The van der Waals surface area contributed by atoms with Crippen LogP contribution in [0.3, 0.4) is 0 Å². The van der Waals surface area contributed by atoms with Gasteiger partial charge in [0.15, 0.2) is 0 Å². The summed E-state index contributed by atoms with van der Waals surface area (Å²) >= 11 is 0. The molecule has 0 saturated carbocycles.